The largest absolute Gasteiger partial charge is 0.372 e. The summed E-state index contributed by atoms with van der Waals surface area (Å²) in [6.07, 6.45) is 6.28. The summed E-state index contributed by atoms with van der Waals surface area (Å²) in [5.74, 6) is -0.670. The van der Waals surface area contributed by atoms with Crippen LogP contribution in [0.3, 0.4) is 0 Å². The number of nitrogens with zero attached hydrogens (tertiary/aromatic N) is 2. The minimum absolute atomic E-state index is 0.113. The lowest BCUT2D eigenvalue weighted by atomic mass is 9.88. The first kappa shape index (κ1) is 22.5. The molecule has 0 radical (unpaired) electrons. The van der Waals surface area contributed by atoms with E-state index in [1.807, 2.05) is 24.3 Å². The lowest BCUT2D eigenvalue weighted by molar-refractivity contribution is -0.116. The number of anilines is 1. The normalized spacial score (nSPS) is 14.2. The molecule has 5 heteroatoms. The Hall–Kier alpha value is -3.21. The molecule has 0 aliphatic heterocycles. The fourth-order valence-electron chi connectivity index (χ4n) is 3.67. The molecule has 3 rings (SSSR count). The molecule has 2 aromatic carbocycles. The summed E-state index contributed by atoms with van der Waals surface area (Å²) in [6.45, 7) is 6.53. The van der Waals surface area contributed by atoms with E-state index in [9.17, 15) is 9.59 Å². The summed E-state index contributed by atoms with van der Waals surface area (Å²) >= 11 is 0. The van der Waals surface area contributed by atoms with E-state index in [1.54, 1.807) is 18.2 Å². The number of carbonyl (C=O) groups excluding carboxylic acids is 2. The fourth-order valence-corrected chi connectivity index (χ4v) is 3.67. The van der Waals surface area contributed by atoms with Crippen molar-refractivity contribution in [2.45, 2.75) is 39.5 Å². The van der Waals surface area contributed by atoms with Gasteiger partial charge in [0.15, 0.2) is 5.78 Å². The molecule has 0 heterocycles. The molecular formula is C26H31N3O2. The van der Waals surface area contributed by atoms with Crippen LogP contribution in [0.2, 0.25) is 0 Å². The van der Waals surface area contributed by atoms with Gasteiger partial charge < -0.3 is 10.2 Å². The molecule has 0 saturated carbocycles. The van der Waals surface area contributed by atoms with Crippen LogP contribution in [0.4, 0.5) is 11.4 Å². The van der Waals surface area contributed by atoms with E-state index in [0.29, 0.717) is 11.3 Å². The third-order valence-electron chi connectivity index (χ3n) is 5.47. The Bertz CT molecular complexity index is 982. The number of hydrogen-bond donors (Lipinski definition) is 1. The van der Waals surface area contributed by atoms with Crippen LogP contribution in [0, 0.1) is 0 Å². The van der Waals surface area contributed by atoms with Crippen LogP contribution >= 0.6 is 0 Å². The first-order valence-electron chi connectivity index (χ1n) is 11.1. The number of fused-ring (bicyclic) bond motifs is 1. The van der Waals surface area contributed by atoms with Crippen molar-refractivity contribution in [1.82, 2.24) is 5.32 Å². The summed E-state index contributed by atoms with van der Waals surface area (Å²) < 4.78 is 0. The topological polar surface area (TPSA) is 61.8 Å². The second kappa shape index (κ2) is 10.7. The molecule has 1 aliphatic carbocycles. The highest BCUT2D eigenvalue weighted by atomic mass is 16.2. The minimum atomic E-state index is -0.398. The molecule has 0 fully saturated rings. The van der Waals surface area contributed by atoms with Gasteiger partial charge in [0.2, 0.25) is 0 Å². The van der Waals surface area contributed by atoms with Gasteiger partial charge in [-0.1, -0.05) is 51.0 Å². The average Bonchev–Trinajstić information content (AvgIpc) is 2.81. The number of ketones is 1. The van der Waals surface area contributed by atoms with Crippen LogP contribution in [0.15, 0.2) is 65.2 Å². The first-order chi connectivity index (χ1) is 15.1. The Balaban J connectivity index is 1.93. The summed E-state index contributed by atoms with van der Waals surface area (Å²) in [7, 11) is 1.52. The van der Waals surface area contributed by atoms with Gasteiger partial charge in [0.05, 0.1) is 17.0 Å². The maximum Gasteiger partial charge on any atom is 0.255 e. The van der Waals surface area contributed by atoms with Crippen molar-refractivity contribution in [2.24, 2.45) is 4.99 Å². The molecule has 1 N–H and O–H groups in total. The zero-order valence-corrected chi connectivity index (χ0v) is 18.6. The van der Waals surface area contributed by atoms with Gasteiger partial charge in [-0.3, -0.25) is 9.59 Å². The van der Waals surface area contributed by atoms with E-state index in [0.717, 1.165) is 24.3 Å². The lowest BCUT2D eigenvalue weighted by Crippen LogP contribution is -2.29. The standard InChI is InChI=1S/C26H31N3O2/c1-4-6-16-29(17-7-5-2)20-14-12-19(13-15-20)28-24-18-23(26(31)27-3)25(30)22-11-9-8-10-21(22)24/h8-15,18H,4-7,16-17H2,1-3H3,(H,27,31). The smallest absolute Gasteiger partial charge is 0.255 e. The van der Waals surface area contributed by atoms with E-state index < -0.39 is 5.91 Å². The predicted octanol–water partition coefficient (Wildman–Crippen LogP) is 5.08. The maximum atomic E-state index is 12.7. The second-order valence-corrected chi connectivity index (χ2v) is 7.72. The van der Waals surface area contributed by atoms with Gasteiger partial charge in [0, 0.05) is 37.0 Å². The molecule has 0 atom stereocenters. The van der Waals surface area contributed by atoms with E-state index in [2.05, 4.69) is 36.2 Å². The van der Waals surface area contributed by atoms with Crippen molar-refractivity contribution in [2.75, 3.05) is 25.0 Å². The first-order valence-corrected chi connectivity index (χ1v) is 11.1. The molecule has 0 unspecified atom stereocenters. The van der Waals surface area contributed by atoms with Crippen molar-refractivity contribution < 1.29 is 9.59 Å². The number of rotatable bonds is 9. The monoisotopic (exact) mass is 417 g/mol. The highest BCUT2D eigenvalue weighted by molar-refractivity contribution is 6.35. The Morgan fingerprint density at radius 2 is 1.55 bits per heavy atom. The number of carbonyl (C=O) groups is 2. The number of Topliss-reactive ketones (excluding diaryl/α,β-unsaturated/α-hetero) is 1. The summed E-state index contributed by atoms with van der Waals surface area (Å²) in [5, 5.41) is 2.55. The number of aliphatic imine (C=N–C) groups is 1. The molecule has 1 amide bonds. The summed E-state index contributed by atoms with van der Waals surface area (Å²) in [4.78, 5) is 32.1. The molecule has 0 spiro atoms. The molecule has 0 aromatic heterocycles. The Labute approximate surface area is 184 Å². The molecule has 5 nitrogen and oxygen atoms in total. The Kier molecular flexibility index (Phi) is 7.76. The Morgan fingerprint density at radius 1 is 0.935 bits per heavy atom. The van der Waals surface area contributed by atoms with Crippen molar-refractivity contribution in [1.29, 1.82) is 0 Å². The molecule has 0 bridgehead atoms. The third-order valence-corrected chi connectivity index (χ3v) is 5.47. The molecule has 1 aliphatic rings. The molecule has 162 valence electrons. The van der Waals surface area contributed by atoms with Gasteiger partial charge in [-0.2, -0.15) is 0 Å². The third kappa shape index (κ3) is 5.29. The van der Waals surface area contributed by atoms with E-state index >= 15 is 0 Å². The van der Waals surface area contributed by atoms with Crippen LogP contribution in [-0.2, 0) is 4.79 Å². The average molecular weight is 418 g/mol. The van der Waals surface area contributed by atoms with Crippen LogP contribution < -0.4 is 10.2 Å². The van der Waals surface area contributed by atoms with E-state index in [-0.39, 0.29) is 11.4 Å². The van der Waals surface area contributed by atoms with Gasteiger partial charge in [-0.25, -0.2) is 4.99 Å². The van der Waals surface area contributed by atoms with Crippen molar-refractivity contribution in [3.8, 4) is 0 Å². The predicted molar refractivity (Wildman–Crippen MR) is 128 cm³/mol. The van der Waals surface area contributed by atoms with Gasteiger partial charge in [-0.15, -0.1) is 0 Å². The molecule has 0 saturated heterocycles. The van der Waals surface area contributed by atoms with Gasteiger partial charge in [0.1, 0.15) is 0 Å². The van der Waals surface area contributed by atoms with Crippen molar-refractivity contribution in [3.63, 3.8) is 0 Å². The number of nitrogens with one attached hydrogen (secondary N) is 1. The minimum Gasteiger partial charge on any atom is -0.372 e. The quantitative estimate of drug-likeness (QED) is 0.579. The van der Waals surface area contributed by atoms with Crippen LogP contribution in [0.25, 0.3) is 0 Å². The number of allylic oxidation sites excluding steroid dienone is 1. The fraction of sp³-hybridized carbons (Fsp3) is 0.346. The summed E-state index contributed by atoms with van der Waals surface area (Å²) in [6, 6.07) is 15.5. The number of amides is 1. The number of unbranched alkanes of at least 4 members (excludes halogenated alkanes) is 2. The highest BCUT2D eigenvalue weighted by Gasteiger charge is 2.27. The number of hydrogen-bond acceptors (Lipinski definition) is 4. The Morgan fingerprint density at radius 3 is 2.13 bits per heavy atom. The van der Waals surface area contributed by atoms with Gasteiger partial charge in [0.25, 0.3) is 5.91 Å². The summed E-state index contributed by atoms with van der Waals surface area (Å²) in [5.41, 5.74) is 3.98. The zero-order valence-electron chi connectivity index (χ0n) is 18.6. The lowest BCUT2D eigenvalue weighted by Gasteiger charge is -2.24. The molecule has 2 aromatic rings. The number of benzene rings is 2. The van der Waals surface area contributed by atoms with Crippen molar-refractivity contribution >= 4 is 28.8 Å². The zero-order chi connectivity index (χ0) is 22.2. The molecule has 31 heavy (non-hydrogen) atoms. The van der Waals surface area contributed by atoms with E-state index in [1.165, 1.54) is 38.4 Å². The van der Waals surface area contributed by atoms with Crippen molar-refractivity contribution in [3.05, 3.63) is 71.3 Å². The van der Waals surface area contributed by atoms with E-state index in [4.69, 9.17) is 4.99 Å². The second-order valence-electron chi connectivity index (χ2n) is 7.72. The highest BCUT2D eigenvalue weighted by Crippen LogP contribution is 2.26. The maximum absolute atomic E-state index is 12.7. The SMILES string of the molecule is CCCCN(CCCC)c1ccc(N=C2C=C(C(=O)NC)C(=O)c3ccccc32)cc1. The van der Waals surface area contributed by atoms with Gasteiger partial charge >= 0.3 is 0 Å². The molecular weight excluding hydrogens is 386 g/mol. The van der Waals surface area contributed by atoms with Gasteiger partial charge in [-0.05, 0) is 43.2 Å². The van der Waals surface area contributed by atoms with Crippen LogP contribution in [-0.4, -0.2) is 37.5 Å². The number of likely N-dealkylation sites (N-methyl/N-ethyl adjacent to an activating group) is 1. The van der Waals surface area contributed by atoms with Crippen LogP contribution in [0.1, 0.15) is 55.5 Å². The van der Waals surface area contributed by atoms with Crippen LogP contribution in [0.5, 0.6) is 0 Å².